The predicted octanol–water partition coefficient (Wildman–Crippen LogP) is 2.07. The molecule has 21 heavy (non-hydrogen) atoms. The van der Waals surface area contributed by atoms with E-state index in [-0.39, 0.29) is 12.0 Å². The quantitative estimate of drug-likeness (QED) is 0.926. The Morgan fingerprint density at radius 2 is 2.05 bits per heavy atom. The van der Waals surface area contributed by atoms with Gasteiger partial charge in [0, 0.05) is 38.8 Å². The molecule has 1 aromatic rings. The number of likely N-dealkylation sites (N-methyl/N-ethyl adjacent to an activating group) is 1. The second kappa shape index (κ2) is 6.05. The third kappa shape index (κ3) is 3.55. The maximum atomic E-state index is 12.9. The first kappa shape index (κ1) is 15.8. The molecule has 5 nitrogen and oxygen atoms in total. The molecule has 0 saturated carbocycles. The highest BCUT2D eigenvalue weighted by Crippen LogP contribution is 2.31. The molecule has 0 aliphatic carbocycles. The lowest BCUT2D eigenvalue weighted by Crippen LogP contribution is -2.52. The third-order valence-corrected chi connectivity index (χ3v) is 3.72. The van der Waals surface area contributed by atoms with E-state index in [1.165, 1.54) is 7.05 Å². The number of piperazine rings is 1. The first-order valence-corrected chi connectivity index (χ1v) is 6.98. The second-order valence-corrected chi connectivity index (χ2v) is 5.11. The lowest BCUT2D eigenvalue weighted by molar-refractivity contribution is -0.141. The highest BCUT2D eigenvalue weighted by atomic mass is 19.4. The first-order valence-electron chi connectivity index (χ1n) is 6.98. The summed E-state index contributed by atoms with van der Waals surface area (Å²) in [5.41, 5.74) is -0.914. The average Bonchev–Trinajstić information content (AvgIpc) is 2.45. The third-order valence-electron chi connectivity index (χ3n) is 3.72. The van der Waals surface area contributed by atoms with Crippen molar-refractivity contribution in [3.63, 3.8) is 0 Å². The van der Waals surface area contributed by atoms with Gasteiger partial charge in [0.1, 0.15) is 5.82 Å². The molecule has 2 heterocycles. The molecule has 0 radical (unpaired) electrons. The van der Waals surface area contributed by atoms with Gasteiger partial charge in [0.05, 0.1) is 0 Å². The van der Waals surface area contributed by atoms with Crippen molar-refractivity contribution < 1.29 is 13.2 Å². The minimum atomic E-state index is -4.47. The molecule has 0 bridgehead atoms. The van der Waals surface area contributed by atoms with E-state index in [4.69, 9.17) is 0 Å². The molecule has 1 aliphatic rings. The van der Waals surface area contributed by atoms with Gasteiger partial charge in [0.25, 0.3) is 0 Å². The van der Waals surface area contributed by atoms with Crippen molar-refractivity contribution in [2.75, 3.05) is 43.4 Å². The van der Waals surface area contributed by atoms with Crippen molar-refractivity contribution in [1.29, 1.82) is 0 Å². The van der Waals surface area contributed by atoms with Gasteiger partial charge < -0.3 is 10.2 Å². The summed E-state index contributed by atoms with van der Waals surface area (Å²) in [6.07, 6.45) is -4.47. The number of nitrogens with one attached hydrogen (secondary N) is 1. The van der Waals surface area contributed by atoms with Crippen LogP contribution in [0.25, 0.3) is 0 Å². The molecular weight excluding hydrogens is 283 g/mol. The van der Waals surface area contributed by atoms with Gasteiger partial charge in [-0.05, 0) is 13.5 Å². The van der Waals surface area contributed by atoms with Gasteiger partial charge in [-0.2, -0.15) is 18.2 Å². The zero-order valence-electron chi connectivity index (χ0n) is 12.4. The van der Waals surface area contributed by atoms with E-state index in [2.05, 4.69) is 34.0 Å². The molecule has 1 atom stereocenters. The van der Waals surface area contributed by atoms with E-state index >= 15 is 0 Å². The molecular formula is C13H20F3N5. The van der Waals surface area contributed by atoms with Gasteiger partial charge in [-0.15, -0.1) is 0 Å². The van der Waals surface area contributed by atoms with Gasteiger partial charge in [0.15, 0.2) is 5.69 Å². The largest absolute Gasteiger partial charge is 0.433 e. The van der Waals surface area contributed by atoms with Gasteiger partial charge >= 0.3 is 6.18 Å². The molecule has 1 aliphatic heterocycles. The Kier molecular flexibility index (Phi) is 4.55. The van der Waals surface area contributed by atoms with Crippen LogP contribution in [0.2, 0.25) is 0 Å². The van der Waals surface area contributed by atoms with Crippen molar-refractivity contribution in [3.05, 3.63) is 11.8 Å². The van der Waals surface area contributed by atoms with Gasteiger partial charge in [-0.3, -0.25) is 4.90 Å². The topological polar surface area (TPSA) is 44.3 Å². The van der Waals surface area contributed by atoms with Crippen LogP contribution in [0.4, 0.5) is 24.9 Å². The maximum absolute atomic E-state index is 12.9. The van der Waals surface area contributed by atoms with Gasteiger partial charge in [0.2, 0.25) is 5.95 Å². The second-order valence-electron chi connectivity index (χ2n) is 5.11. The minimum Gasteiger partial charge on any atom is -0.357 e. The monoisotopic (exact) mass is 303 g/mol. The molecule has 1 saturated heterocycles. The Morgan fingerprint density at radius 3 is 2.57 bits per heavy atom. The molecule has 0 spiro atoms. The van der Waals surface area contributed by atoms with Gasteiger partial charge in [-0.1, -0.05) is 6.92 Å². The first-order chi connectivity index (χ1) is 9.85. The van der Waals surface area contributed by atoms with Crippen molar-refractivity contribution >= 4 is 11.8 Å². The predicted molar refractivity (Wildman–Crippen MR) is 75.5 cm³/mol. The van der Waals surface area contributed by atoms with E-state index in [0.717, 1.165) is 19.2 Å². The Hall–Kier alpha value is -1.57. The van der Waals surface area contributed by atoms with Crippen molar-refractivity contribution in [2.45, 2.75) is 26.1 Å². The lowest BCUT2D eigenvalue weighted by atomic mass is 10.2. The summed E-state index contributed by atoms with van der Waals surface area (Å²) in [5.74, 6) is 0.315. The summed E-state index contributed by atoms with van der Waals surface area (Å²) in [4.78, 5) is 11.8. The molecule has 1 aromatic heterocycles. The van der Waals surface area contributed by atoms with Crippen LogP contribution in [0.3, 0.4) is 0 Å². The highest BCUT2D eigenvalue weighted by Gasteiger charge is 2.34. The molecule has 0 aromatic carbocycles. The van der Waals surface area contributed by atoms with E-state index < -0.39 is 11.9 Å². The van der Waals surface area contributed by atoms with Crippen molar-refractivity contribution in [1.82, 2.24) is 14.9 Å². The molecule has 1 unspecified atom stereocenters. The van der Waals surface area contributed by atoms with Crippen LogP contribution in [0.1, 0.15) is 19.5 Å². The summed E-state index contributed by atoms with van der Waals surface area (Å²) in [6.45, 7) is 7.23. The fraction of sp³-hybridized carbons (Fsp3) is 0.692. The van der Waals surface area contributed by atoms with E-state index in [0.29, 0.717) is 18.9 Å². The summed E-state index contributed by atoms with van der Waals surface area (Å²) >= 11 is 0. The number of rotatable bonds is 3. The molecule has 2 rings (SSSR count). The van der Waals surface area contributed by atoms with E-state index in [1.54, 1.807) is 0 Å². The fourth-order valence-corrected chi connectivity index (χ4v) is 2.53. The average molecular weight is 303 g/mol. The van der Waals surface area contributed by atoms with Crippen LogP contribution in [0.5, 0.6) is 0 Å². The Morgan fingerprint density at radius 1 is 1.33 bits per heavy atom. The number of anilines is 2. The molecule has 1 N–H and O–H groups in total. The van der Waals surface area contributed by atoms with Crippen LogP contribution in [-0.2, 0) is 6.18 Å². The van der Waals surface area contributed by atoms with Crippen LogP contribution in [0, 0.1) is 0 Å². The van der Waals surface area contributed by atoms with Gasteiger partial charge in [-0.25, -0.2) is 4.98 Å². The zero-order valence-corrected chi connectivity index (χ0v) is 12.4. The van der Waals surface area contributed by atoms with Crippen LogP contribution in [0.15, 0.2) is 6.07 Å². The summed E-state index contributed by atoms with van der Waals surface area (Å²) < 4.78 is 38.7. The fourth-order valence-electron chi connectivity index (χ4n) is 2.53. The highest BCUT2D eigenvalue weighted by molar-refractivity contribution is 5.46. The number of alkyl halides is 3. The van der Waals surface area contributed by atoms with E-state index in [9.17, 15) is 13.2 Å². The number of hydrogen-bond acceptors (Lipinski definition) is 5. The molecule has 8 heteroatoms. The van der Waals surface area contributed by atoms with E-state index in [1.807, 2.05) is 4.90 Å². The molecule has 118 valence electrons. The smallest absolute Gasteiger partial charge is 0.357 e. The standard InChI is InChI=1S/C13H20F3N5/c1-4-20-5-6-21(8-9(20)2)11-7-10(13(14,15)16)18-12(17-3)19-11/h7,9H,4-6,8H2,1-3H3,(H,17,18,19). The summed E-state index contributed by atoms with van der Waals surface area (Å²) in [5, 5.41) is 2.59. The normalized spacial score (nSPS) is 20.7. The Balaban J connectivity index is 2.27. The van der Waals surface area contributed by atoms with Crippen molar-refractivity contribution in [3.8, 4) is 0 Å². The zero-order chi connectivity index (χ0) is 15.6. The Labute approximate surface area is 122 Å². The van der Waals surface area contributed by atoms with Crippen LogP contribution < -0.4 is 10.2 Å². The SMILES string of the molecule is CCN1CCN(c2cc(C(F)(F)F)nc(NC)n2)CC1C. The summed E-state index contributed by atoms with van der Waals surface area (Å²) in [7, 11) is 1.51. The minimum absolute atomic E-state index is 0.00889. The van der Waals surface area contributed by atoms with Crippen LogP contribution >= 0.6 is 0 Å². The maximum Gasteiger partial charge on any atom is 0.433 e. The number of halogens is 3. The van der Waals surface area contributed by atoms with Crippen molar-refractivity contribution in [2.24, 2.45) is 0 Å². The number of aromatic nitrogens is 2. The lowest BCUT2D eigenvalue weighted by Gasteiger charge is -2.40. The Bertz CT molecular complexity index is 491. The number of hydrogen-bond donors (Lipinski definition) is 1. The summed E-state index contributed by atoms with van der Waals surface area (Å²) in [6, 6.07) is 1.31. The van der Waals surface area contributed by atoms with Crippen LogP contribution in [-0.4, -0.2) is 54.1 Å². The molecule has 1 fully saturated rings. The molecule has 0 amide bonds. The number of nitrogens with zero attached hydrogens (tertiary/aromatic N) is 4.